The maximum atomic E-state index is 11.7. The maximum Gasteiger partial charge on any atom is 0.258 e. The fraction of sp³-hybridized carbons (Fsp3) is 0.273. The highest BCUT2D eigenvalue weighted by atomic mass is 35.5. The molecule has 3 nitrogen and oxygen atoms in total. The monoisotopic (exact) mass is 222 g/mol. The number of H-pyrrole nitrogens is 1. The van der Waals surface area contributed by atoms with E-state index >= 15 is 0 Å². The van der Waals surface area contributed by atoms with Gasteiger partial charge in [0.2, 0.25) is 0 Å². The summed E-state index contributed by atoms with van der Waals surface area (Å²) in [5.41, 5.74) is 1.71. The summed E-state index contributed by atoms with van der Waals surface area (Å²) >= 11 is 5.63. The number of hydrogen-bond donors (Lipinski definition) is 1. The molecule has 0 saturated heterocycles. The van der Waals surface area contributed by atoms with Crippen LogP contribution < -0.4 is 5.56 Å². The number of alkyl halides is 1. The largest absolute Gasteiger partial charge is 0.309 e. The number of hydrogen-bond acceptors (Lipinski definition) is 2. The molecule has 0 atom stereocenters. The van der Waals surface area contributed by atoms with Gasteiger partial charge in [0.25, 0.3) is 5.56 Å². The third kappa shape index (κ3) is 1.88. The second kappa shape index (κ2) is 4.03. The quantitative estimate of drug-likeness (QED) is 0.792. The van der Waals surface area contributed by atoms with E-state index in [1.807, 2.05) is 18.2 Å². The van der Waals surface area contributed by atoms with Gasteiger partial charge >= 0.3 is 0 Å². The fourth-order valence-electron chi connectivity index (χ4n) is 1.52. The lowest BCUT2D eigenvalue weighted by atomic mass is 10.1. The van der Waals surface area contributed by atoms with Gasteiger partial charge < -0.3 is 4.98 Å². The zero-order chi connectivity index (χ0) is 10.8. The summed E-state index contributed by atoms with van der Waals surface area (Å²) in [6.07, 6.45) is 0.909. The number of nitrogens with one attached hydrogen (secondary N) is 1. The lowest BCUT2D eigenvalue weighted by molar-refractivity contribution is 1.03. The fourth-order valence-corrected chi connectivity index (χ4v) is 1.64. The van der Waals surface area contributed by atoms with Gasteiger partial charge in [-0.3, -0.25) is 4.79 Å². The molecule has 2 rings (SSSR count). The van der Waals surface area contributed by atoms with E-state index in [1.54, 1.807) is 0 Å². The van der Waals surface area contributed by atoms with Crippen molar-refractivity contribution in [2.45, 2.75) is 19.2 Å². The van der Waals surface area contributed by atoms with Crippen LogP contribution in [0.25, 0.3) is 10.9 Å². The number of aromatic amines is 1. The molecular weight excluding hydrogens is 212 g/mol. The van der Waals surface area contributed by atoms with Crippen molar-refractivity contribution in [3.05, 3.63) is 39.9 Å². The minimum atomic E-state index is -0.119. The Morgan fingerprint density at radius 1 is 1.47 bits per heavy atom. The first kappa shape index (κ1) is 10.2. The summed E-state index contributed by atoms with van der Waals surface area (Å²) in [5, 5.41) is 0.628. The Morgan fingerprint density at radius 2 is 2.27 bits per heavy atom. The summed E-state index contributed by atoms with van der Waals surface area (Å²) in [5.74, 6) is 0.735. The van der Waals surface area contributed by atoms with Gasteiger partial charge in [0.05, 0.1) is 16.8 Å². The number of halogens is 1. The molecule has 1 N–H and O–H groups in total. The molecule has 0 radical (unpaired) electrons. The molecule has 1 heterocycles. The van der Waals surface area contributed by atoms with E-state index in [1.165, 1.54) is 0 Å². The Kier molecular flexibility index (Phi) is 2.73. The van der Waals surface area contributed by atoms with Crippen molar-refractivity contribution in [2.24, 2.45) is 0 Å². The van der Waals surface area contributed by atoms with E-state index < -0.39 is 0 Å². The Hall–Kier alpha value is -1.35. The van der Waals surface area contributed by atoms with Crippen molar-refractivity contribution in [1.29, 1.82) is 0 Å². The smallest absolute Gasteiger partial charge is 0.258 e. The summed E-state index contributed by atoms with van der Waals surface area (Å²) < 4.78 is 0. The van der Waals surface area contributed by atoms with E-state index in [0.717, 1.165) is 12.0 Å². The average Bonchev–Trinajstić information content (AvgIpc) is 2.28. The number of fused-ring (bicyclic) bond motifs is 1. The first-order valence-electron chi connectivity index (χ1n) is 4.82. The molecule has 0 spiro atoms. The lowest BCUT2D eigenvalue weighted by Gasteiger charge is -2.01. The van der Waals surface area contributed by atoms with Crippen molar-refractivity contribution in [1.82, 2.24) is 9.97 Å². The van der Waals surface area contributed by atoms with E-state index in [2.05, 4.69) is 16.9 Å². The summed E-state index contributed by atoms with van der Waals surface area (Å²) in [7, 11) is 0. The molecule has 78 valence electrons. The van der Waals surface area contributed by atoms with Gasteiger partial charge in [-0.1, -0.05) is 13.0 Å². The first-order valence-corrected chi connectivity index (χ1v) is 5.36. The van der Waals surface area contributed by atoms with Gasteiger partial charge in [-0.2, -0.15) is 0 Å². The number of aryl methyl sites for hydroxylation is 1. The van der Waals surface area contributed by atoms with E-state index in [4.69, 9.17) is 11.6 Å². The Morgan fingerprint density at radius 3 is 2.93 bits per heavy atom. The molecule has 0 fully saturated rings. The molecule has 0 bridgehead atoms. The molecule has 0 aliphatic carbocycles. The van der Waals surface area contributed by atoms with E-state index in [0.29, 0.717) is 16.7 Å². The van der Waals surface area contributed by atoms with Gasteiger partial charge in [0, 0.05) is 0 Å². The molecule has 1 aromatic heterocycles. The molecule has 4 heteroatoms. The predicted octanol–water partition coefficient (Wildman–Crippen LogP) is 2.22. The second-order valence-electron chi connectivity index (χ2n) is 3.35. The minimum absolute atomic E-state index is 0.119. The Labute approximate surface area is 92.1 Å². The highest BCUT2D eigenvalue weighted by molar-refractivity contribution is 6.16. The molecule has 0 amide bonds. The lowest BCUT2D eigenvalue weighted by Crippen LogP contribution is -2.11. The summed E-state index contributed by atoms with van der Waals surface area (Å²) in [6, 6.07) is 5.71. The van der Waals surface area contributed by atoms with Crippen LogP contribution >= 0.6 is 11.6 Å². The van der Waals surface area contributed by atoms with Crippen LogP contribution in [-0.2, 0) is 12.3 Å². The van der Waals surface area contributed by atoms with Crippen LogP contribution in [0.3, 0.4) is 0 Å². The predicted molar refractivity (Wildman–Crippen MR) is 61.3 cm³/mol. The van der Waals surface area contributed by atoms with Crippen molar-refractivity contribution in [3.63, 3.8) is 0 Å². The number of rotatable bonds is 2. The molecule has 15 heavy (non-hydrogen) atoms. The highest BCUT2D eigenvalue weighted by Gasteiger charge is 2.03. The second-order valence-corrected chi connectivity index (χ2v) is 3.62. The molecule has 1 aromatic carbocycles. The third-order valence-electron chi connectivity index (χ3n) is 2.35. The SMILES string of the molecule is CCc1ccc2nc(CCl)[nH]c(=O)c2c1. The number of nitrogens with zero attached hydrogens (tertiary/aromatic N) is 1. The Bertz CT molecular complexity index is 548. The molecule has 0 saturated carbocycles. The summed E-state index contributed by atoms with van der Waals surface area (Å²) in [4.78, 5) is 18.6. The zero-order valence-corrected chi connectivity index (χ0v) is 9.14. The number of aromatic nitrogens is 2. The van der Waals surface area contributed by atoms with Crippen LogP contribution in [0, 0.1) is 0 Å². The topological polar surface area (TPSA) is 45.8 Å². The van der Waals surface area contributed by atoms with Crippen LogP contribution in [0.15, 0.2) is 23.0 Å². The standard InChI is InChI=1S/C11H11ClN2O/c1-2-7-3-4-9-8(5-7)11(15)14-10(6-12)13-9/h3-5H,2,6H2,1H3,(H,13,14,15). The molecule has 2 aromatic rings. The van der Waals surface area contributed by atoms with Crippen molar-refractivity contribution in [2.75, 3.05) is 0 Å². The summed E-state index contributed by atoms with van der Waals surface area (Å²) in [6.45, 7) is 2.05. The molecule has 0 unspecified atom stereocenters. The zero-order valence-electron chi connectivity index (χ0n) is 8.38. The molecule has 0 aliphatic rings. The van der Waals surface area contributed by atoms with Crippen molar-refractivity contribution < 1.29 is 0 Å². The van der Waals surface area contributed by atoms with Gasteiger partial charge in [0.15, 0.2) is 0 Å². The Balaban J connectivity index is 2.74. The maximum absolute atomic E-state index is 11.7. The van der Waals surface area contributed by atoms with E-state index in [-0.39, 0.29) is 11.4 Å². The molecular formula is C11H11ClN2O. The normalized spacial score (nSPS) is 10.8. The van der Waals surface area contributed by atoms with E-state index in [9.17, 15) is 4.79 Å². The highest BCUT2D eigenvalue weighted by Crippen LogP contribution is 2.11. The average molecular weight is 223 g/mol. The van der Waals surface area contributed by atoms with Crippen LogP contribution in [0.1, 0.15) is 18.3 Å². The van der Waals surface area contributed by atoms with Crippen LogP contribution in [-0.4, -0.2) is 9.97 Å². The van der Waals surface area contributed by atoms with Gasteiger partial charge in [-0.15, -0.1) is 11.6 Å². The van der Waals surface area contributed by atoms with Gasteiger partial charge in [-0.05, 0) is 24.1 Å². The minimum Gasteiger partial charge on any atom is -0.309 e. The first-order chi connectivity index (χ1) is 7.24. The van der Waals surface area contributed by atoms with Gasteiger partial charge in [-0.25, -0.2) is 4.98 Å². The molecule has 0 aliphatic heterocycles. The van der Waals surface area contributed by atoms with Crippen LogP contribution in [0.4, 0.5) is 0 Å². The third-order valence-corrected chi connectivity index (χ3v) is 2.61. The van der Waals surface area contributed by atoms with Crippen LogP contribution in [0.2, 0.25) is 0 Å². The van der Waals surface area contributed by atoms with Gasteiger partial charge in [0.1, 0.15) is 5.82 Å². The van der Waals surface area contributed by atoms with Crippen molar-refractivity contribution in [3.8, 4) is 0 Å². The van der Waals surface area contributed by atoms with Crippen LogP contribution in [0.5, 0.6) is 0 Å². The van der Waals surface area contributed by atoms with Crippen molar-refractivity contribution >= 4 is 22.5 Å². The number of benzene rings is 1.